The summed E-state index contributed by atoms with van der Waals surface area (Å²) >= 11 is 0. The molecule has 0 aliphatic heterocycles. The summed E-state index contributed by atoms with van der Waals surface area (Å²) in [6.45, 7) is 0.598. The zero-order valence-corrected chi connectivity index (χ0v) is 16.5. The standard InChI is InChI=1S/C22H23N5O3/c28-21(10-5-15-23-16-11-13-18(14-12-16)27(29)30)24-22-19-8-4-9-20(19)25-26(22)17-6-2-1-3-7-17/h1-3,6-7,11-14,23H,4-5,8-10,15H2,(H,24,28). The monoisotopic (exact) mass is 405 g/mol. The van der Waals surface area contributed by atoms with Gasteiger partial charge in [-0.3, -0.25) is 14.9 Å². The highest BCUT2D eigenvalue weighted by molar-refractivity contribution is 5.91. The zero-order chi connectivity index (χ0) is 20.9. The largest absolute Gasteiger partial charge is 0.385 e. The van der Waals surface area contributed by atoms with E-state index in [4.69, 9.17) is 5.10 Å². The Morgan fingerprint density at radius 3 is 2.60 bits per heavy atom. The number of non-ortho nitro benzene ring substituents is 1. The van der Waals surface area contributed by atoms with Crippen molar-refractivity contribution in [2.24, 2.45) is 0 Å². The molecule has 3 aromatic rings. The number of fused-ring (bicyclic) bond motifs is 1. The minimum absolute atomic E-state index is 0.0488. The van der Waals surface area contributed by atoms with Gasteiger partial charge in [-0.25, -0.2) is 4.68 Å². The maximum absolute atomic E-state index is 12.6. The summed E-state index contributed by atoms with van der Waals surface area (Å²) in [6.07, 6.45) is 3.95. The molecule has 0 saturated carbocycles. The number of hydrogen-bond donors (Lipinski definition) is 2. The lowest BCUT2D eigenvalue weighted by Gasteiger charge is -2.11. The fourth-order valence-electron chi connectivity index (χ4n) is 3.65. The average Bonchev–Trinajstić information content (AvgIpc) is 3.35. The number of hydrogen-bond acceptors (Lipinski definition) is 5. The van der Waals surface area contributed by atoms with E-state index >= 15 is 0 Å². The van der Waals surface area contributed by atoms with E-state index in [0.29, 0.717) is 19.4 Å². The van der Waals surface area contributed by atoms with Gasteiger partial charge in [0.15, 0.2) is 0 Å². The van der Waals surface area contributed by atoms with E-state index in [1.165, 1.54) is 12.1 Å². The minimum atomic E-state index is -0.426. The van der Waals surface area contributed by atoms with Gasteiger partial charge >= 0.3 is 0 Å². The molecule has 8 nitrogen and oxygen atoms in total. The van der Waals surface area contributed by atoms with Crippen LogP contribution in [0.3, 0.4) is 0 Å². The average molecular weight is 405 g/mol. The molecule has 1 aliphatic carbocycles. The van der Waals surface area contributed by atoms with E-state index in [0.717, 1.165) is 47.7 Å². The van der Waals surface area contributed by atoms with Crippen molar-refractivity contribution in [1.82, 2.24) is 9.78 Å². The predicted molar refractivity (Wildman–Crippen MR) is 115 cm³/mol. The summed E-state index contributed by atoms with van der Waals surface area (Å²) in [4.78, 5) is 22.8. The van der Waals surface area contributed by atoms with Gasteiger partial charge < -0.3 is 10.6 Å². The van der Waals surface area contributed by atoms with Crippen molar-refractivity contribution in [3.05, 3.63) is 76.0 Å². The highest BCUT2D eigenvalue weighted by atomic mass is 16.6. The number of carbonyl (C=O) groups excluding carboxylic acids is 1. The van der Waals surface area contributed by atoms with E-state index in [9.17, 15) is 14.9 Å². The van der Waals surface area contributed by atoms with Gasteiger partial charge in [-0.05, 0) is 49.9 Å². The van der Waals surface area contributed by atoms with Crippen LogP contribution < -0.4 is 10.6 Å². The second kappa shape index (κ2) is 8.77. The second-order valence-corrected chi connectivity index (χ2v) is 7.26. The van der Waals surface area contributed by atoms with Crippen LogP contribution in [0.5, 0.6) is 0 Å². The third-order valence-electron chi connectivity index (χ3n) is 5.15. The van der Waals surface area contributed by atoms with E-state index in [2.05, 4.69) is 10.6 Å². The van der Waals surface area contributed by atoms with Crippen molar-refractivity contribution in [1.29, 1.82) is 0 Å². The number of nitrogens with zero attached hydrogens (tertiary/aromatic N) is 3. The first-order chi connectivity index (χ1) is 14.6. The van der Waals surface area contributed by atoms with Crippen LogP contribution in [-0.2, 0) is 17.6 Å². The Hall–Kier alpha value is -3.68. The van der Waals surface area contributed by atoms with Crippen molar-refractivity contribution in [2.75, 3.05) is 17.2 Å². The molecule has 1 amide bonds. The summed E-state index contributed by atoms with van der Waals surface area (Å²) in [5.74, 6) is 0.731. The fraction of sp³-hybridized carbons (Fsp3) is 0.273. The molecule has 2 aromatic carbocycles. The van der Waals surface area contributed by atoms with Gasteiger partial charge in [0, 0.05) is 36.3 Å². The molecular weight excluding hydrogens is 382 g/mol. The molecule has 0 bridgehead atoms. The number of nitro groups is 1. The first-order valence-electron chi connectivity index (χ1n) is 10.1. The highest BCUT2D eigenvalue weighted by Gasteiger charge is 2.24. The first kappa shape index (κ1) is 19.6. The number of nitro benzene ring substituents is 1. The topological polar surface area (TPSA) is 102 Å². The van der Waals surface area contributed by atoms with Crippen molar-refractivity contribution in [3.8, 4) is 5.69 Å². The Morgan fingerprint density at radius 2 is 1.87 bits per heavy atom. The fourth-order valence-corrected chi connectivity index (χ4v) is 3.65. The van der Waals surface area contributed by atoms with Crippen molar-refractivity contribution in [2.45, 2.75) is 32.1 Å². The van der Waals surface area contributed by atoms with Crippen LogP contribution in [-0.4, -0.2) is 27.2 Å². The molecule has 0 unspecified atom stereocenters. The van der Waals surface area contributed by atoms with Crippen LogP contribution >= 0.6 is 0 Å². The number of benzene rings is 2. The molecule has 0 spiro atoms. The molecular formula is C22H23N5O3. The highest BCUT2D eigenvalue weighted by Crippen LogP contribution is 2.31. The molecule has 4 rings (SSSR count). The molecule has 0 radical (unpaired) electrons. The smallest absolute Gasteiger partial charge is 0.269 e. The van der Waals surface area contributed by atoms with Gasteiger partial charge in [0.25, 0.3) is 5.69 Å². The number of aryl methyl sites for hydroxylation is 1. The molecule has 8 heteroatoms. The van der Waals surface area contributed by atoms with Crippen molar-refractivity contribution < 1.29 is 9.72 Å². The van der Waals surface area contributed by atoms with Gasteiger partial charge in [-0.15, -0.1) is 0 Å². The van der Waals surface area contributed by atoms with E-state index in [1.54, 1.807) is 12.1 Å². The minimum Gasteiger partial charge on any atom is -0.385 e. The molecule has 0 fully saturated rings. The number of amides is 1. The van der Waals surface area contributed by atoms with E-state index in [-0.39, 0.29) is 11.6 Å². The maximum atomic E-state index is 12.6. The van der Waals surface area contributed by atoms with Crippen molar-refractivity contribution in [3.63, 3.8) is 0 Å². The molecule has 1 aliphatic rings. The zero-order valence-electron chi connectivity index (χ0n) is 16.5. The van der Waals surface area contributed by atoms with E-state index < -0.39 is 4.92 Å². The summed E-state index contributed by atoms with van der Waals surface area (Å²) in [5, 5.41) is 21.7. The van der Waals surface area contributed by atoms with E-state index in [1.807, 2.05) is 35.0 Å². The first-order valence-corrected chi connectivity index (χ1v) is 10.1. The number of nitrogens with one attached hydrogen (secondary N) is 2. The molecule has 30 heavy (non-hydrogen) atoms. The van der Waals surface area contributed by atoms with Crippen LogP contribution in [0, 0.1) is 10.1 Å². The normalized spacial score (nSPS) is 12.4. The summed E-state index contributed by atoms with van der Waals surface area (Å²) in [5.41, 5.74) is 3.98. The molecule has 1 heterocycles. The lowest BCUT2D eigenvalue weighted by atomic mass is 10.2. The summed E-state index contributed by atoms with van der Waals surface area (Å²) in [7, 11) is 0. The Bertz CT molecular complexity index is 1040. The molecule has 2 N–H and O–H groups in total. The van der Waals surface area contributed by atoms with Gasteiger partial charge in [-0.2, -0.15) is 5.10 Å². The Balaban J connectivity index is 1.34. The Labute approximate surface area is 174 Å². The third-order valence-corrected chi connectivity index (χ3v) is 5.15. The molecule has 154 valence electrons. The quantitative estimate of drug-likeness (QED) is 0.334. The molecule has 0 atom stereocenters. The summed E-state index contributed by atoms with van der Waals surface area (Å²) in [6, 6.07) is 16.1. The van der Waals surface area contributed by atoms with Crippen LogP contribution in [0.1, 0.15) is 30.5 Å². The van der Waals surface area contributed by atoms with Crippen molar-refractivity contribution >= 4 is 23.1 Å². The van der Waals surface area contributed by atoms with Gasteiger partial charge in [0.1, 0.15) is 5.82 Å². The SMILES string of the molecule is O=C(CCCNc1ccc([N+](=O)[O-])cc1)Nc1c2c(nn1-c1ccccc1)CCC2. The number of anilines is 2. The maximum Gasteiger partial charge on any atom is 0.269 e. The number of aromatic nitrogens is 2. The Morgan fingerprint density at radius 1 is 1.10 bits per heavy atom. The second-order valence-electron chi connectivity index (χ2n) is 7.26. The number of carbonyl (C=O) groups is 1. The van der Waals surface area contributed by atoms with Crippen LogP contribution in [0.15, 0.2) is 54.6 Å². The number of rotatable bonds is 8. The molecule has 0 saturated heterocycles. The van der Waals surface area contributed by atoms with Gasteiger partial charge in [-0.1, -0.05) is 18.2 Å². The predicted octanol–water partition coefficient (Wildman–Crippen LogP) is 4.10. The van der Waals surface area contributed by atoms with Crippen LogP contribution in [0.2, 0.25) is 0 Å². The summed E-state index contributed by atoms with van der Waals surface area (Å²) < 4.78 is 1.83. The van der Waals surface area contributed by atoms with Crippen LogP contribution in [0.25, 0.3) is 5.69 Å². The van der Waals surface area contributed by atoms with Gasteiger partial charge in [0.05, 0.1) is 16.3 Å². The Kier molecular flexibility index (Phi) is 5.74. The van der Waals surface area contributed by atoms with Crippen LogP contribution in [0.4, 0.5) is 17.2 Å². The lowest BCUT2D eigenvalue weighted by molar-refractivity contribution is -0.384. The third kappa shape index (κ3) is 4.32. The lowest BCUT2D eigenvalue weighted by Crippen LogP contribution is -2.17. The molecule has 1 aromatic heterocycles. The van der Waals surface area contributed by atoms with Gasteiger partial charge in [0.2, 0.25) is 5.91 Å². The number of para-hydroxylation sites is 1.